The number of carbonyl (C=O) groups excluding carboxylic acids is 1. The van der Waals surface area contributed by atoms with Gasteiger partial charge in [-0.25, -0.2) is 0 Å². The van der Waals surface area contributed by atoms with Crippen molar-refractivity contribution in [2.24, 2.45) is 28.7 Å². The predicted octanol–water partition coefficient (Wildman–Crippen LogP) is 7.22. The highest BCUT2D eigenvalue weighted by atomic mass is 16.5. The van der Waals surface area contributed by atoms with Crippen molar-refractivity contribution in [2.75, 3.05) is 0 Å². The number of ether oxygens (including phenoxy) is 1. The van der Waals surface area contributed by atoms with Crippen molar-refractivity contribution in [3.05, 3.63) is 48.5 Å². The monoisotopic (exact) mass is 403 g/mol. The second-order valence-electron chi connectivity index (χ2n) is 9.28. The summed E-state index contributed by atoms with van der Waals surface area (Å²) in [6, 6.07) is 15.7. The zero-order chi connectivity index (χ0) is 20.9. The second kappa shape index (κ2) is 9.59. The van der Waals surface area contributed by atoms with Crippen LogP contribution in [0.4, 0.5) is 5.69 Å². The molecule has 0 N–H and O–H groups in total. The van der Waals surface area contributed by atoms with Crippen LogP contribution >= 0.6 is 0 Å². The number of hydrogen-bond donors (Lipinski definition) is 0. The van der Waals surface area contributed by atoms with Gasteiger partial charge in [-0.2, -0.15) is 0 Å². The van der Waals surface area contributed by atoms with E-state index in [0.29, 0.717) is 5.75 Å². The number of esters is 1. The Morgan fingerprint density at radius 2 is 1.30 bits per heavy atom. The Labute approximate surface area is 180 Å². The summed E-state index contributed by atoms with van der Waals surface area (Å²) < 4.78 is 5.71. The molecule has 0 aromatic heterocycles. The molecule has 0 amide bonds. The van der Waals surface area contributed by atoms with Gasteiger partial charge in [0.1, 0.15) is 5.75 Å². The molecular weight excluding hydrogens is 370 g/mol. The molecule has 2 saturated carbocycles. The van der Waals surface area contributed by atoms with Gasteiger partial charge in [0.15, 0.2) is 0 Å². The van der Waals surface area contributed by atoms with Gasteiger partial charge in [0.2, 0.25) is 0 Å². The van der Waals surface area contributed by atoms with E-state index >= 15 is 0 Å². The minimum Gasteiger partial charge on any atom is -0.426 e. The number of carbonyl (C=O) groups is 1. The number of rotatable bonds is 5. The molecule has 4 rings (SSSR count). The van der Waals surface area contributed by atoms with E-state index in [9.17, 15) is 4.79 Å². The van der Waals surface area contributed by atoms with Crippen LogP contribution in [0, 0.1) is 23.7 Å². The van der Waals surface area contributed by atoms with Gasteiger partial charge in [0.05, 0.1) is 11.6 Å². The number of hydrogen-bond acceptors (Lipinski definition) is 3. The third-order valence-electron chi connectivity index (χ3n) is 7.29. The first-order valence-electron chi connectivity index (χ1n) is 11.5. The maximum Gasteiger partial charge on any atom is 0.314 e. The molecule has 0 atom stereocenters. The number of benzene rings is 2. The Hall–Kier alpha value is -2.42. The summed E-state index contributed by atoms with van der Waals surface area (Å²) in [7, 11) is 0. The van der Waals surface area contributed by atoms with Gasteiger partial charge in [-0.05, 0) is 98.4 Å². The van der Waals surface area contributed by atoms with Crippen molar-refractivity contribution in [3.8, 4) is 16.9 Å². The first-order chi connectivity index (χ1) is 14.6. The van der Waals surface area contributed by atoms with Crippen LogP contribution in [-0.4, -0.2) is 12.7 Å². The molecule has 0 aliphatic heterocycles. The molecule has 0 bridgehead atoms. The first kappa shape index (κ1) is 20.8. The summed E-state index contributed by atoms with van der Waals surface area (Å²) in [6.45, 7) is 5.92. The van der Waals surface area contributed by atoms with Crippen LogP contribution in [0.5, 0.6) is 5.75 Å². The third-order valence-corrected chi connectivity index (χ3v) is 7.29. The molecule has 2 fully saturated rings. The van der Waals surface area contributed by atoms with Crippen LogP contribution in [0.3, 0.4) is 0 Å². The molecule has 3 nitrogen and oxygen atoms in total. The fraction of sp³-hybridized carbons (Fsp3) is 0.481. The molecule has 0 saturated heterocycles. The standard InChI is InChI=1S/C27H33NO2/c1-19-3-5-20(6-4-19)21-7-9-24(10-8-21)27(29)30-26-17-13-23(14-18-26)22-11-15-25(28-2)16-12-22/h11-21,24H,2-10H2,1H3. The summed E-state index contributed by atoms with van der Waals surface area (Å²) in [5, 5.41) is 0. The Bertz CT molecular complexity index is 839. The highest BCUT2D eigenvalue weighted by molar-refractivity contribution is 5.75. The van der Waals surface area contributed by atoms with Crippen LogP contribution in [0.15, 0.2) is 53.5 Å². The van der Waals surface area contributed by atoms with Gasteiger partial charge in [-0.1, -0.05) is 44.0 Å². The average molecular weight is 404 g/mol. The molecule has 2 aliphatic rings. The van der Waals surface area contributed by atoms with Gasteiger partial charge >= 0.3 is 5.97 Å². The Morgan fingerprint density at radius 3 is 1.83 bits per heavy atom. The van der Waals surface area contributed by atoms with Gasteiger partial charge < -0.3 is 4.74 Å². The molecule has 0 unspecified atom stereocenters. The summed E-state index contributed by atoms with van der Waals surface area (Å²) in [5.74, 6) is 3.26. The lowest BCUT2D eigenvalue weighted by molar-refractivity contribution is -0.140. The fourth-order valence-electron chi connectivity index (χ4n) is 5.26. The SMILES string of the molecule is C=Nc1ccc(-c2ccc(OC(=O)C3CCC(C4CCC(C)CC4)CC3)cc2)cc1. The van der Waals surface area contributed by atoms with Crippen LogP contribution in [0.1, 0.15) is 58.3 Å². The largest absolute Gasteiger partial charge is 0.426 e. The Kier molecular flexibility index (Phi) is 6.66. The molecule has 0 heterocycles. The van der Waals surface area contributed by atoms with Gasteiger partial charge in [-0.3, -0.25) is 9.79 Å². The van der Waals surface area contributed by atoms with Crippen molar-refractivity contribution >= 4 is 18.4 Å². The number of aliphatic imine (C=N–C) groups is 1. The summed E-state index contributed by atoms with van der Waals surface area (Å²) in [4.78, 5) is 16.6. The molecule has 0 radical (unpaired) electrons. The van der Waals surface area contributed by atoms with E-state index in [1.54, 1.807) is 0 Å². The van der Waals surface area contributed by atoms with Crippen LogP contribution in [-0.2, 0) is 4.79 Å². The topological polar surface area (TPSA) is 38.7 Å². The lowest BCUT2D eigenvalue weighted by atomic mass is 9.69. The predicted molar refractivity (Wildman–Crippen MR) is 123 cm³/mol. The van der Waals surface area contributed by atoms with Gasteiger partial charge in [-0.15, -0.1) is 0 Å². The Balaban J connectivity index is 1.28. The smallest absolute Gasteiger partial charge is 0.314 e. The summed E-state index contributed by atoms with van der Waals surface area (Å²) in [6.07, 6.45) is 9.89. The first-order valence-corrected chi connectivity index (χ1v) is 11.5. The van der Waals surface area contributed by atoms with E-state index in [1.165, 1.54) is 38.5 Å². The van der Waals surface area contributed by atoms with E-state index in [1.807, 2.05) is 48.5 Å². The molecular formula is C27H33NO2. The number of nitrogens with zero attached hydrogens (tertiary/aromatic N) is 1. The zero-order valence-corrected chi connectivity index (χ0v) is 18.1. The quantitative estimate of drug-likeness (QED) is 0.300. The molecule has 2 aromatic carbocycles. The van der Waals surface area contributed by atoms with Crippen molar-refractivity contribution in [3.63, 3.8) is 0 Å². The Morgan fingerprint density at radius 1 is 0.800 bits per heavy atom. The normalized spacial score (nSPS) is 26.7. The molecule has 158 valence electrons. The minimum absolute atomic E-state index is 0.0557. The lowest BCUT2D eigenvalue weighted by Gasteiger charge is -2.36. The minimum atomic E-state index is -0.0557. The lowest BCUT2D eigenvalue weighted by Crippen LogP contribution is -2.29. The van der Waals surface area contributed by atoms with Gasteiger partial charge in [0.25, 0.3) is 0 Å². The van der Waals surface area contributed by atoms with Crippen molar-refractivity contribution < 1.29 is 9.53 Å². The van der Waals surface area contributed by atoms with E-state index in [0.717, 1.165) is 47.4 Å². The van der Waals surface area contributed by atoms with Crippen molar-refractivity contribution in [2.45, 2.75) is 58.3 Å². The molecule has 3 heteroatoms. The highest BCUT2D eigenvalue weighted by Gasteiger charge is 2.33. The van der Waals surface area contributed by atoms with Crippen LogP contribution < -0.4 is 4.74 Å². The van der Waals surface area contributed by atoms with Crippen molar-refractivity contribution in [1.29, 1.82) is 0 Å². The summed E-state index contributed by atoms with van der Waals surface area (Å²) >= 11 is 0. The highest BCUT2D eigenvalue weighted by Crippen LogP contribution is 2.41. The van der Waals surface area contributed by atoms with Crippen LogP contribution in [0.25, 0.3) is 11.1 Å². The van der Waals surface area contributed by atoms with E-state index < -0.39 is 0 Å². The van der Waals surface area contributed by atoms with E-state index in [-0.39, 0.29) is 11.9 Å². The average Bonchev–Trinajstić information content (AvgIpc) is 2.80. The van der Waals surface area contributed by atoms with E-state index in [2.05, 4.69) is 18.6 Å². The maximum absolute atomic E-state index is 12.7. The fourth-order valence-corrected chi connectivity index (χ4v) is 5.26. The molecule has 0 spiro atoms. The zero-order valence-electron chi connectivity index (χ0n) is 18.1. The molecule has 30 heavy (non-hydrogen) atoms. The second-order valence-corrected chi connectivity index (χ2v) is 9.28. The van der Waals surface area contributed by atoms with E-state index in [4.69, 9.17) is 4.74 Å². The van der Waals surface area contributed by atoms with Gasteiger partial charge in [0, 0.05) is 0 Å². The summed E-state index contributed by atoms with van der Waals surface area (Å²) in [5.41, 5.74) is 3.06. The molecule has 2 aliphatic carbocycles. The molecule has 2 aromatic rings. The maximum atomic E-state index is 12.7. The third kappa shape index (κ3) is 5.00. The van der Waals surface area contributed by atoms with Crippen LogP contribution in [0.2, 0.25) is 0 Å². The van der Waals surface area contributed by atoms with Crippen molar-refractivity contribution in [1.82, 2.24) is 0 Å².